The van der Waals surface area contributed by atoms with Crippen LogP contribution in [0.5, 0.6) is 0 Å². The maximum Gasteiger partial charge on any atom is 0.153 e. The second-order valence-electron chi connectivity index (χ2n) is 4.52. The van der Waals surface area contributed by atoms with Gasteiger partial charge in [-0.1, -0.05) is 11.6 Å². The first-order chi connectivity index (χ1) is 10.1. The van der Waals surface area contributed by atoms with E-state index in [1.54, 1.807) is 18.3 Å². The smallest absolute Gasteiger partial charge is 0.153 e. The molecule has 2 aromatic heterocycles. The van der Waals surface area contributed by atoms with E-state index in [0.29, 0.717) is 22.0 Å². The summed E-state index contributed by atoms with van der Waals surface area (Å²) in [5, 5.41) is 8.03. The Morgan fingerprint density at radius 2 is 1.71 bits per heavy atom. The van der Waals surface area contributed by atoms with Crippen molar-refractivity contribution in [2.75, 3.05) is 0 Å². The zero-order valence-electron chi connectivity index (χ0n) is 11.0. The first-order valence-electron chi connectivity index (χ1n) is 6.30. The second-order valence-corrected chi connectivity index (χ2v) is 4.95. The van der Waals surface area contributed by atoms with Gasteiger partial charge >= 0.3 is 0 Å². The Kier molecular flexibility index (Phi) is 3.46. The fourth-order valence-corrected chi connectivity index (χ4v) is 2.07. The summed E-state index contributed by atoms with van der Waals surface area (Å²) < 4.78 is 5.81. The molecule has 3 N–H and O–H groups in total. The van der Waals surface area contributed by atoms with Gasteiger partial charge in [0.2, 0.25) is 0 Å². The summed E-state index contributed by atoms with van der Waals surface area (Å²) in [4.78, 5) is 4.26. The van der Waals surface area contributed by atoms with Crippen LogP contribution in [0.4, 0.5) is 0 Å². The zero-order valence-corrected chi connectivity index (χ0v) is 11.8. The molecular formula is C16H12ClN3O. The van der Waals surface area contributed by atoms with Crippen LogP contribution in [0.3, 0.4) is 0 Å². The standard InChI is InChI=1S/C16H12ClN3O/c17-12-4-1-10(2-5-12)14-7-8-15(21-14)13-6-3-11(9-20-13)16(18)19/h1-9H,(H3,18,19). The average Bonchev–Trinajstić information content (AvgIpc) is 2.98. The number of aromatic nitrogens is 1. The fraction of sp³-hybridized carbons (Fsp3) is 0. The van der Waals surface area contributed by atoms with E-state index in [9.17, 15) is 0 Å². The molecule has 1 aromatic carbocycles. The Morgan fingerprint density at radius 3 is 2.33 bits per heavy atom. The van der Waals surface area contributed by atoms with Gasteiger partial charge in [-0.25, -0.2) is 0 Å². The minimum atomic E-state index is -0.00431. The third-order valence-corrected chi connectivity index (χ3v) is 3.31. The van der Waals surface area contributed by atoms with Gasteiger partial charge in [0, 0.05) is 22.3 Å². The van der Waals surface area contributed by atoms with Crippen LogP contribution in [0.2, 0.25) is 5.02 Å². The largest absolute Gasteiger partial charge is 0.454 e. The third kappa shape index (κ3) is 2.80. The summed E-state index contributed by atoms with van der Waals surface area (Å²) >= 11 is 5.87. The first-order valence-corrected chi connectivity index (χ1v) is 6.68. The Labute approximate surface area is 126 Å². The van der Waals surface area contributed by atoms with Gasteiger partial charge in [-0.3, -0.25) is 10.4 Å². The lowest BCUT2D eigenvalue weighted by Gasteiger charge is -2.00. The second kappa shape index (κ2) is 5.42. The van der Waals surface area contributed by atoms with Gasteiger partial charge in [-0.05, 0) is 48.5 Å². The molecule has 0 spiro atoms. The number of nitrogens with one attached hydrogen (secondary N) is 1. The summed E-state index contributed by atoms with van der Waals surface area (Å²) in [6, 6.07) is 14.7. The molecule has 104 valence electrons. The lowest BCUT2D eigenvalue weighted by molar-refractivity contribution is 0.595. The number of nitrogens with two attached hydrogens (primary N) is 1. The molecule has 3 rings (SSSR count). The Balaban J connectivity index is 1.90. The summed E-state index contributed by atoms with van der Waals surface area (Å²) in [5.41, 5.74) is 7.63. The van der Waals surface area contributed by atoms with E-state index in [1.807, 2.05) is 36.4 Å². The number of amidine groups is 1. The monoisotopic (exact) mass is 297 g/mol. The minimum Gasteiger partial charge on any atom is -0.454 e. The van der Waals surface area contributed by atoms with E-state index < -0.39 is 0 Å². The van der Waals surface area contributed by atoms with Gasteiger partial charge in [0.1, 0.15) is 17.3 Å². The highest BCUT2D eigenvalue weighted by atomic mass is 35.5. The maximum atomic E-state index is 7.35. The predicted octanol–water partition coefficient (Wildman–Crippen LogP) is 3.95. The summed E-state index contributed by atoms with van der Waals surface area (Å²) in [6.45, 7) is 0. The lowest BCUT2D eigenvalue weighted by atomic mass is 10.2. The molecule has 0 radical (unpaired) electrons. The van der Waals surface area contributed by atoms with Crippen molar-refractivity contribution in [1.29, 1.82) is 5.41 Å². The van der Waals surface area contributed by atoms with Gasteiger partial charge < -0.3 is 10.2 Å². The van der Waals surface area contributed by atoms with E-state index in [-0.39, 0.29) is 5.84 Å². The van der Waals surface area contributed by atoms with Gasteiger partial charge in [-0.2, -0.15) is 0 Å². The molecule has 0 amide bonds. The zero-order chi connectivity index (χ0) is 14.8. The van der Waals surface area contributed by atoms with Crippen molar-refractivity contribution in [2.45, 2.75) is 0 Å². The van der Waals surface area contributed by atoms with Crippen molar-refractivity contribution in [3.63, 3.8) is 0 Å². The minimum absolute atomic E-state index is 0.00431. The number of hydrogen-bond donors (Lipinski definition) is 2. The fourth-order valence-electron chi connectivity index (χ4n) is 1.94. The average molecular weight is 298 g/mol. The van der Waals surface area contributed by atoms with Crippen LogP contribution < -0.4 is 5.73 Å². The maximum absolute atomic E-state index is 7.35. The molecule has 0 aliphatic carbocycles. The van der Waals surface area contributed by atoms with Crippen LogP contribution in [0.15, 0.2) is 59.1 Å². The molecule has 5 heteroatoms. The summed E-state index contributed by atoms with van der Waals surface area (Å²) in [5.74, 6) is 1.41. The molecule has 0 atom stereocenters. The van der Waals surface area contributed by atoms with E-state index >= 15 is 0 Å². The molecule has 2 heterocycles. The Morgan fingerprint density at radius 1 is 1.00 bits per heavy atom. The topological polar surface area (TPSA) is 75.9 Å². The molecule has 0 bridgehead atoms. The van der Waals surface area contributed by atoms with Crippen molar-refractivity contribution in [2.24, 2.45) is 5.73 Å². The number of nitrogen functional groups attached to an aromatic ring is 1. The van der Waals surface area contributed by atoms with Gasteiger partial charge in [0.05, 0.1) is 0 Å². The molecule has 0 aliphatic rings. The van der Waals surface area contributed by atoms with Gasteiger partial charge in [-0.15, -0.1) is 0 Å². The highest BCUT2D eigenvalue weighted by molar-refractivity contribution is 6.30. The third-order valence-electron chi connectivity index (χ3n) is 3.06. The highest BCUT2D eigenvalue weighted by Gasteiger charge is 2.08. The SMILES string of the molecule is N=C(N)c1ccc(-c2ccc(-c3ccc(Cl)cc3)o2)nc1. The van der Waals surface area contributed by atoms with E-state index in [0.717, 1.165) is 11.3 Å². The summed E-state index contributed by atoms with van der Waals surface area (Å²) in [7, 11) is 0. The number of rotatable bonds is 3. The predicted molar refractivity (Wildman–Crippen MR) is 83.4 cm³/mol. The Bertz CT molecular complexity index is 776. The van der Waals surface area contributed by atoms with Gasteiger partial charge in [0.25, 0.3) is 0 Å². The van der Waals surface area contributed by atoms with Crippen molar-refractivity contribution in [3.05, 3.63) is 65.3 Å². The van der Waals surface area contributed by atoms with E-state index in [2.05, 4.69) is 4.98 Å². The van der Waals surface area contributed by atoms with Crippen molar-refractivity contribution in [3.8, 4) is 22.8 Å². The van der Waals surface area contributed by atoms with Crippen molar-refractivity contribution in [1.82, 2.24) is 4.98 Å². The first kappa shape index (κ1) is 13.4. The number of nitrogens with zero attached hydrogens (tertiary/aromatic N) is 1. The molecule has 4 nitrogen and oxygen atoms in total. The molecule has 0 saturated heterocycles. The van der Waals surface area contributed by atoms with E-state index in [4.69, 9.17) is 27.2 Å². The van der Waals surface area contributed by atoms with Gasteiger partial charge in [0.15, 0.2) is 5.76 Å². The molecule has 0 aliphatic heterocycles. The molecular weight excluding hydrogens is 286 g/mol. The quantitative estimate of drug-likeness (QED) is 0.568. The number of furan rings is 1. The molecule has 0 unspecified atom stereocenters. The van der Waals surface area contributed by atoms with Crippen LogP contribution >= 0.6 is 11.6 Å². The van der Waals surface area contributed by atoms with Crippen LogP contribution in [0.1, 0.15) is 5.56 Å². The van der Waals surface area contributed by atoms with Crippen LogP contribution in [0.25, 0.3) is 22.8 Å². The van der Waals surface area contributed by atoms with Crippen LogP contribution in [0, 0.1) is 5.41 Å². The Hall–Kier alpha value is -2.59. The molecule has 3 aromatic rings. The number of pyridine rings is 1. The number of hydrogen-bond acceptors (Lipinski definition) is 3. The lowest BCUT2D eigenvalue weighted by Crippen LogP contribution is -2.11. The van der Waals surface area contributed by atoms with Crippen LogP contribution in [-0.4, -0.2) is 10.8 Å². The molecule has 21 heavy (non-hydrogen) atoms. The summed E-state index contributed by atoms with van der Waals surface area (Å²) in [6.07, 6.45) is 1.56. The number of benzene rings is 1. The van der Waals surface area contributed by atoms with Crippen molar-refractivity contribution < 1.29 is 4.42 Å². The normalized spacial score (nSPS) is 10.5. The molecule has 0 fully saturated rings. The van der Waals surface area contributed by atoms with Crippen LogP contribution in [-0.2, 0) is 0 Å². The van der Waals surface area contributed by atoms with E-state index in [1.165, 1.54) is 0 Å². The number of halogens is 1. The molecule has 0 saturated carbocycles. The van der Waals surface area contributed by atoms with Crippen molar-refractivity contribution >= 4 is 17.4 Å². The highest BCUT2D eigenvalue weighted by Crippen LogP contribution is 2.28.